The summed E-state index contributed by atoms with van der Waals surface area (Å²) in [7, 11) is -1.42. The van der Waals surface area contributed by atoms with Crippen LogP contribution in [0.15, 0.2) is 33.6 Å². The van der Waals surface area contributed by atoms with Crippen LogP contribution in [-0.4, -0.2) is 50.1 Å². The number of sulfone groups is 1. The van der Waals surface area contributed by atoms with E-state index in [9.17, 15) is 13.2 Å². The number of hydrogen-bond donors (Lipinski definition) is 0. The van der Waals surface area contributed by atoms with E-state index in [4.69, 9.17) is 0 Å². The van der Waals surface area contributed by atoms with Gasteiger partial charge in [0.15, 0.2) is 0 Å². The number of rotatable bonds is 7. The summed E-state index contributed by atoms with van der Waals surface area (Å²) in [6, 6.07) is 7.55. The Bertz CT molecular complexity index is 590. The van der Waals surface area contributed by atoms with Gasteiger partial charge < -0.3 is 4.90 Å². The highest BCUT2D eigenvalue weighted by molar-refractivity contribution is 9.10. The number of nitrogens with zero attached hydrogens (tertiary/aromatic N) is 1. The average Bonchev–Trinajstić information content (AvgIpc) is 2.38. The van der Waals surface area contributed by atoms with E-state index in [1.54, 1.807) is 25.7 Å². The molecule has 0 saturated heterocycles. The molecule has 0 heterocycles. The number of halogens is 1. The Hall–Kier alpha value is -0.530. The van der Waals surface area contributed by atoms with Crippen LogP contribution in [0.1, 0.15) is 13.3 Å². The minimum absolute atomic E-state index is 0.00733. The van der Waals surface area contributed by atoms with Gasteiger partial charge in [0, 0.05) is 40.9 Å². The number of thioether (sulfide) groups is 1. The van der Waals surface area contributed by atoms with E-state index in [1.165, 1.54) is 11.2 Å². The zero-order valence-electron chi connectivity index (χ0n) is 12.4. The monoisotopic (exact) mass is 393 g/mol. The fourth-order valence-electron chi connectivity index (χ4n) is 1.78. The first-order valence-corrected chi connectivity index (χ1v) is 10.4. The fourth-order valence-corrected chi connectivity index (χ4v) is 4.39. The van der Waals surface area contributed by atoms with Crippen LogP contribution in [0.3, 0.4) is 0 Å². The second-order valence-electron chi connectivity index (χ2n) is 4.97. The van der Waals surface area contributed by atoms with Crippen molar-refractivity contribution >= 4 is 43.4 Å². The van der Waals surface area contributed by atoms with Crippen molar-refractivity contribution in [2.75, 3.05) is 24.8 Å². The molecule has 1 aromatic rings. The standard InChI is InChI=1S/C14H20BrNO3S2/c1-11(10-21(3,18)19)16(2)14(17)8-9-20-13-7-5-4-6-12(13)15/h4-7,11H,8-10H2,1-3H3/t11-/m1/s1. The Morgan fingerprint density at radius 1 is 1.38 bits per heavy atom. The Morgan fingerprint density at radius 2 is 2.00 bits per heavy atom. The molecule has 0 unspecified atom stereocenters. The Morgan fingerprint density at radius 3 is 2.57 bits per heavy atom. The van der Waals surface area contributed by atoms with E-state index in [2.05, 4.69) is 15.9 Å². The second-order valence-corrected chi connectivity index (χ2v) is 9.15. The molecule has 0 radical (unpaired) electrons. The SMILES string of the molecule is C[C@H](CS(C)(=O)=O)N(C)C(=O)CCSc1ccccc1Br. The van der Waals surface area contributed by atoms with Gasteiger partial charge in [0.2, 0.25) is 5.91 Å². The molecule has 0 aromatic heterocycles. The third-order valence-electron chi connectivity index (χ3n) is 3.01. The third kappa shape index (κ3) is 6.84. The molecule has 21 heavy (non-hydrogen) atoms. The topological polar surface area (TPSA) is 54.5 Å². The van der Waals surface area contributed by atoms with Crippen LogP contribution in [0.5, 0.6) is 0 Å². The minimum atomic E-state index is -3.08. The zero-order valence-corrected chi connectivity index (χ0v) is 15.6. The lowest BCUT2D eigenvalue weighted by Gasteiger charge is -2.24. The number of carbonyl (C=O) groups excluding carboxylic acids is 1. The molecular weight excluding hydrogens is 374 g/mol. The lowest BCUT2D eigenvalue weighted by atomic mass is 10.3. The van der Waals surface area contributed by atoms with E-state index < -0.39 is 9.84 Å². The molecule has 4 nitrogen and oxygen atoms in total. The predicted octanol–water partition coefficient (Wildman–Crippen LogP) is 2.82. The van der Waals surface area contributed by atoms with Gasteiger partial charge in [-0.1, -0.05) is 12.1 Å². The molecule has 1 rings (SSSR count). The van der Waals surface area contributed by atoms with Gasteiger partial charge in [-0.15, -0.1) is 11.8 Å². The van der Waals surface area contributed by atoms with Crippen molar-refractivity contribution in [1.82, 2.24) is 4.90 Å². The van der Waals surface area contributed by atoms with Gasteiger partial charge in [-0.2, -0.15) is 0 Å². The first-order chi connectivity index (χ1) is 9.70. The van der Waals surface area contributed by atoms with Crippen molar-refractivity contribution in [3.8, 4) is 0 Å². The number of hydrogen-bond acceptors (Lipinski definition) is 4. The highest BCUT2D eigenvalue weighted by atomic mass is 79.9. The van der Waals surface area contributed by atoms with Gasteiger partial charge >= 0.3 is 0 Å². The molecule has 118 valence electrons. The quantitative estimate of drug-likeness (QED) is 0.668. The van der Waals surface area contributed by atoms with Crippen molar-refractivity contribution in [3.63, 3.8) is 0 Å². The summed E-state index contributed by atoms with van der Waals surface area (Å²) in [5, 5.41) is 0. The van der Waals surface area contributed by atoms with Gasteiger partial charge in [-0.25, -0.2) is 8.42 Å². The van der Waals surface area contributed by atoms with Crippen LogP contribution >= 0.6 is 27.7 Å². The van der Waals surface area contributed by atoms with E-state index in [0.717, 1.165) is 9.37 Å². The summed E-state index contributed by atoms with van der Waals surface area (Å²) < 4.78 is 23.5. The number of carbonyl (C=O) groups is 1. The molecule has 1 amide bonds. The van der Waals surface area contributed by atoms with Crippen LogP contribution in [0.2, 0.25) is 0 Å². The molecule has 0 aliphatic heterocycles. The van der Waals surface area contributed by atoms with Crippen molar-refractivity contribution in [2.45, 2.75) is 24.3 Å². The van der Waals surface area contributed by atoms with Gasteiger partial charge in [-0.3, -0.25) is 4.79 Å². The molecule has 0 aliphatic rings. The predicted molar refractivity (Wildman–Crippen MR) is 91.4 cm³/mol. The lowest BCUT2D eigenvalue weighted by molar-refractivity contribution is -0.130. The Labute approximate surface area is 139 Å². The second kappa shape index (κ2) is 8.19. The van der Waals surface area contributed by atoms with Crippen molar-refractivity contribution < 1.29 is 13.2 Å². The Kier molecular flexibility index (Phi) is 7.23. The lowest BCUT2D eigenvalue weighted by Crippen LogP contribution is -2.39. The Balaban J connectivity index is 2.45. The zero-order chi connectivity index (χ0) is 16.0. The molecule has 7 heteroatoms. The first kappa shape index (κ1) is 18.5. The van der Waals surface area contributed by atoms with Crippen molar-refractivity contribution in [1.29, 1.82) is 0 Å². The molecule has 1 aromatic carbocycles. The number of amides is 1. The molecule has 0 fully saturated rings. The fraction of sp³-hybridized carbons (Fsp3) is 0.500. The average molecular weight is 394 g/mol. The maximum atomic E-state index is 12.1. The molecule has 0 spiro atoms. The van der Waals surface area contributed by atoms with Gasteiger partial charge in [0.05, 0.1) is 5.75 Å². The summed E-state index contributed by atoms with van der Waals surface area (Å²) >= 11 is 5.07. The summed E-state index contributed by atoms with van der Waals surface area (Å²) in [5.41, 5.74) is 0. The maximum absolute atomic E-state index is 12.1. The maximum Gasteiger partial charge on any atom is 0.223 e. The van der Waals surface area contributed by atoms with Gasteiger partial charge in [0.1, 0.15) is 9.84 Å². The smallest absolute Gasteiger partial charge is 0.223 e. The normalized spacial score (nSPS) is 13.0. The summed E-state index contributed by atoms with van der Waals surface area (Å²) in [6.45, 7) is 1.75. The van der Waals surface area contributed by atoms with Gasteiger partial charge in [0.25, 0.3) is 0 Å². The van der Waals surface area contributed by atoms with E-state index >= 15 is 0 Å². The van der Waals surface area contributed by atoms with Crippen LogP contribution in [-0.2, 0) is 14.6 Å². The molecule has 0 saturated carbocycles. The van der Waals surface area contributed by atoms with Crippen LogP contribution < -0.4 is 0 Å². The van der Waals surface area contributed by atoms with Crippen molar-refractivity contribution in [3.05, 3.63) is 28.7 Å². The molecule has 0 aliphatic carbocycles. The summed E-state index contributed by atoms with van der Waals surface area (Å²) in [4.78, 5) is 14.7. The van der Waals surface area contributed by atoms with Crippen molar-refractivity contribution in [2.24, 2.45) is 0 Å². The van der Waals surface area contributed by atoms with E-state index in [1.807, 2.05) is 24.3 Å². The minimum Gasteiger partial charge on any atom is -0.342 e. The van der Waals surface area contributed by atoms with E-state index in [-0.39, 0.29) is 17.7 Å². The van der Waals surface area contributed by atoms with Crippen LogP contribution in [0.4, 0.5) is 0 Å². The summed E-state index contributed by atoms with van der Waals surface area (Å²) in [5.74, 6) is 0.620. The largest absolute Gasteiger partial charge is 0.342 e. The number of benzene rings is 1. The van der Waals surface area contributed by atoms with E-state index in [0.29, 0.717) is 12.2 Å². The highest BCUT2D eigenvalue weighted by Gasteiger charge is 2.19. The van der Waals surface area contributed by atoms with Crippen LogP contribution in [0, 0.1) is 0 Å². The molecular formula is C14H20BrNO3S2. The molecule has 0 bridgehead atoms. The highest BCUT2D eigenvalue weighted by Crippen LogP contribution is 2.27. The summed E-state index contributed by atoms with van der Waals surface area (Å²) in [6.07, 6.45) is 1.57. The molecule has 1 atom stereocenters. The first-order valence-electron chi connectivity index (χ1n) is 6.51. The van der Waals surface area contributed by atoms with Crippen LogP contribution in [0.25, 0.3) is 0 Å². The molecule has 0 N–H and O–H groups in total. The van der Waals surface area contributed by atoms with Gasteiger partial charge in [-0.05, 0) is 35.0 Å². The third-order valence-corrected chi connectivity index (χ3v) is 6.13.